The summed E-state index contributed by atoms with van der Waals surface area (Å²) in [5.74, 6) is -0.351. The molecule has 0 saturated heterocycles. The maximum Gasteiger partial charge on any atom is 0.235 e. The third-order valence-corrected chi connectivity index (χ3v) is 5.31. The zero-order chi connectivity index (χ0) is 16.9. The Hall–Kier alpha value is -1.97. The summed E-state index contributed by atoms with van der Waals surface area (Å²) in [5.41, 5.74) is 0.698. The first kappa shape index (κ1) is 16.9. The van der Waals surface area contributed by atoms with Crippen LogP contribution in [0.3, 0.4) is 0 Å². The van der Waals surface area contributed by atoms with Crippen LogP contribution in [0.25, 0.3) is 5.76 Å². The fraction of sp³-hybridized carbons (Fsp3) is 0.550. The van der Waals surface area contributed by atoms with Crippen LogP contribution in [0.4, 0.5) is 0 Å². The average Bonchev–Trinajstić information content (AvgIpc) is 2.63. The third-order valence-electron chi connectivity index (χ3n) is 5.31. The van der Waals surface area contributed by atoms with Crippen molar-refractivity contribution in [1.29, 1.82) is 0 Å². The van der Waals surface area contributed by atoms with Gasteiger partial charge in [0.2, 0.25) is 11.6 Å². The molecule has 0 atom stereocenters. The molecule has 1 aromatic heterocycles. The summed E-state index contributed by atoms with van der Waals surface area (Å²) in [4.78, 5) is 28.4. The molecule has 0 aliphatic heterocycles. The number of ketones is 2. The van der Waals surface area contributed by atoms with Crippen LogP contribution in [0, 0.1) is 5.92 Å². The van der Waals surface area contributed by atoms with Crippen molar-refractivity contribution in [2.75, 3.05) is 0 Å². The molecule has 2 aliphatic carbocycles. The van der Waals surface area contributed by atoms with Gasteiger partial charge in [0.05, 0.1) is 5.56 Å². The van der Waals surface area contributed by atoms with Gasteiger partial charge in [0.1, 0.15) is 11.5 Å². The van der Waals surface area contributed by atoms with Crippen LogP contribution in [-0.4, -0.2) is 21.7 Å². The Labute approximate surface area is 143 Å². The fourth-order valence-electron chi connectivity index (χ4n) is 3.91. The number of hydrogen-bond donors (Lipinski definition) is 1. The Bertz CT molecular complexity index is 657. The number of pyridine rings is 1. The summed E-state index contributed by atoms with van der Waals surface area (Å²) >= 11 is 0. The van der Waals surface area contributed by atoms with Crippen molar-refractivity contribution >= 4 is 17.3 Å². The minimum atomic E-state index is -0.569. The van der Waals surface area contributed by atoms with Gasteiger partial charge in [0.15, 0.2) is 0 Å². The number of hydrogen-bond acceptors (Lipinski definition) is 4. The second-order valence-corrected chi connectivity index (χ2v) is 6.99. The van der Waals surface area contributed by atoms with Crippen LogP contribution in [0.5, 0.6) is 0 Å². The Balaban J connectivity index is 1.54. The van der Waals surface area contributed by atoms with E-state index in [0.717, 1.165) is 25.2 Å². The number of aromatic nitrogens is 1. The maximum atomic E-state index is 12.2. The highest BCUT2D eigenvalue weighted by atomic mass is 16.3. The highest BCUT2D eigenvalue weighted by Crippen LogP contribution is 2.30. The van der Waals surface area contributed by atoms with Gasteiger partial charge in [0, 0.05) is 11.8 Å². The minimum absolute atomic E-state index is 0.109. The van der Waals surface area contributed by atoms with Gasteiger partial charge in [0.25, 0.3) is 0 Å². The number of carbonyl (C=O) groups excluding carboxylic acids is 2. The van der Waals surface area contributed by atoms with Crippen molar-refractivity contribution in [3.05, 3.63) is 35.2 Å². The molecular formula is C20H25NO3. The van der Waals surface area contributed by atoms with Gasteiger partial charge in [-0.1, -0.05) is 51.4 Å². The minimum Gasteiger partial charge on any atom is -0.505 e. The summed E-state index contributed by atoms with van der Waals surface area (Å²) < 4.78 is 0. The number of Topliss-reactive ketones (excluding diaryl/α,β-unsaturated/α-hetero) is 2. The molecule has 128 valence electrons. The van der Waals surface area contributed by atoms with E-state index in [9.17, 15) is 14.7 Å². The van der Waals surface area contributed by atoms with Crippen LogP contribution in [-0.2, 0) is 4.79 Å². The van der Waals surface area contributed by atoms with E-state index in [1.807, 2.05) is 0 Å². The summed E-state index contributed by atoms with van der Waals surface area (Å²) in [5, 5.41) is 10.3. The summed E-state index contributed by atoms with van der Waals surface area (Å²) in [6.45, 7) is 0. The summed E-state index contributed by atoms with van der Waals surface area (Å²) in [7, 11) is 0. The van der Waals surface area contributed by atoms with Crippen molar-refractivity contribution in [2.24, 2.45) is 5.92 Å². The van der Waals surface area contributed by atoms with Crippen LogP contribution in [0.1, 0.15) is 80.3 Å². The summed E-state index contributed by atoms with van der Waals surface area (Å²) in [6, 6.07) is 3.15. The number of fused-ring (bicyclic) bond motifs is 1. The monoisotopic (exact) mass is 327 g/mol. The van der Waals surface area contributed by atoms with Crippen LogP contribution >= 0.6 is 0 Å². The molecule has 0 unspecified atom stereocenters. The van der Waals surface area contributed by atoms with E-state index in [-0.39, 0.29) is 22.6 Å². The van der Waals surface area contributed by atoms with Crippen LogP contribution in [0.2, 0.25) is 0 Å². The van der Waals surface area contributed by atoms with Gasteiger partial charge in [-0.15, -0.1) is 0 Å². The van der Waals surface area contributed by atoms with E-state index in [1.54, 1.807) is 12.1 Å². The second kappa shape index (κ2) is 7.73. The van der Waals surface area contributed by atoms with E-state index in [0.29, 0.717) is 6.42 Å². The van der Waals surface area contributed by atoms with Gasteiger partial charge in [-0.2, -0.15) is 0 Å². The molecule has 1 heterocycles. The first-order chi connectivity index (χ1) is 11.7. The fourth-order valence-corrected chi connectivity index (χ4v) is 3.91. The van der Waals surface area contributed by atoms with Crippen molar-refractivity contribution < 1.29 is 14.7 Å². The first-order valence-corrected chi connectivity index (χ1v) is 9.15. The van der Waals surface area contributed by atoms with Crippen LogP contribution < -0.4 is 0 Å². The molecule has 3 rings (SSSR count). The van der Waals surface area contributed by atoms with E-state index < -0.39 is 11.6 Å². The SMILES string of the molecule is O=C1C(=O)c2cccnc2C(O)=C1CCCCCC1CCCCC1. The molecule has 1 saturated carbocycles. The average molecular weight is 327 g/mol. The smallest absolute Gasteiger partial charge is 0.235 e. The first-order valence-electron chi connectivity index (χ1n) is 9.15. The van der Waals surface area contributed by atoms with Gasteiger partial charge in [-0.25, -0.2) is 0 Å². The number of nitrogens with zero attached hydrogens (tertiary/aromatic N) is 1. The standard InChI is InChI=1S/C20H25NO3/c22-18-16(11-6-2-5-10-14-8-3-1-4-9-14)20(24)19(23)15-12-7-13-21-17(15)18/h7,12-14,22H,1-6,8-11H2. The zero-order valence-electron chi connectivity index (χ0n) is 14.1. The molecule has 0 aromatic carbocycles. The predicted molar refractivity (Wildman–Crippen MR) is 92.8 cm³/mol. The molecule has 1 fully saturated rings. The molecule has 4 nitrogen and oxygen atoms in total. The normalized spacial score (nSPS) is 18.8. The molecule has 0 radical (unpaired) electrons. The molecule has 0 amide bonds. The number of carbonyl (C=O) groups is 2. The lowest BCUT2D eigenvalue weighted by Gasteiger charge is -2.21. The van der Waals surface area contributed by atoms with E-state index >= 15 is 0 Å². The molecular weight excluding hydrogens is 302 g/mol. The van der Waals surface area contributed by atoms with E-state index in [2.05, 4.69) is 4.98 Å². The highest BCUT2D eigenvalue weighted by Gasteiger charge is 2.33. The lowest BCUT2D eigenvalue weighted by molar-refractivity contribution is -0.112. The molecule has 0 bridgehead atoms. The number of aliphatic hydroxyl groups excluding tert-OH is 1. The highest BCUT2D eigenvalue weighted by molar-refractivity contribution is 6.52. The summed E-state index contributed by atoms with van der Waals surface area (Å²) in [6.07, 6.45) is 13.1. The molecule has 4 heteroatoms. The lowest BCUT2D eigenvalue weighted by atomic mass is 9.85. The molecule has 24 heavy (non-hydrogen) atoms. The molecule has 2 aliphatic rings. The van der Waals surface area contributed by atoms with Gasteiger partial charge < -0.3 is 5.11 Å². The third kappa shape index (κ3) is 3.58. The largest absolute Gasteiger partial charge is 0.505 e. The van der Waals surface area contributed by atoms with E-state index in [4.69, 9.17) is 0 Å². The van der Waals surface area contributed by atoms with E-state index in [1.165, 1.54) is 44.7 Å². The van der Waals surface area contributed by atoms with Crippen LogP contribution in [0.15, 0.2) is 23.9 Å². The van der Waals surface area contributed by atoms with Crippen molar-refractivity contribution in [1.82, 2.24) is 4.98 Å². The van der Waals surface area contributed by atoms with Crippen molar-refractivity contribution in [2.45, 2.75) is 64.2 Å². The zero-order valence-corrected chi connectivity index (χ0v) is 14.1. The number of unbranched alkanes of at least 4 members (excludes halogenated alkanes) is 2. The molecule has 1 N–H and O–H groups in total. The van der Waals surface area contributed by atoms with Crippen molar-refractivity contribution in [3.8, 4) is 0 Å². The lowest BCUT2D eigenvalue weighted by Crippen LogP contribution is -2.24. The van der Waals surface area contributed by atoms with Gasteiger partial charge in [-0.3, -0.25) is 14.6 Å². The second-order valence-electron chi connectivity index (χ2n) is 6.99. The Kier molecular flexibility index (Phi) is 5.44. The quantitative estimate of drug-likeness (QED) is 0.610. The topological polar surface area (TPSA) is 67.3 Å². The van der Waals surface area contributed by atoms with Crippen molar-refractivity contribution in [3.63, 3.8) is 0 Å². The molecule has 0 spiro atoms. The Morgan fingerprint density at radius 1 is 1.04 bits per heavy atom. The maximum absolute atomic E-state index is 12.2. The predicted octanol–water partition coefficient (Wildman–Crippen LogP) is 4.65. The number of aliphatic hydroxyl groups is 1. The Morgan fingerprint density at radius 2 is 1.83 bits per heavy atom. The Morgan fingerprint density at radius 3 is 2.62 bits per heavy atom. The van der Waals surface area contributed by atoms with Gasteiger partial charge in [-0.05, 0) is 30.9 Å². The number of rotatable bonds is 6. The molecule has 1 aromatic rings. The van der Waals surface area contributed by atoms with Gasteiger partial charge >= 0.3 is 0 Å². The number of allylic oxidation sites excluding steroid dienone is 1.